The lowest BCUT2D eigenvalue weighted by atomic mass is 9.99. The van der Waals surface area contributed by atoms with Gasteiger partial charge in [-0.05, 0) is 44.4 Å². The molecule has 0 radical (unpaired) electrons. The first kappa shape index (κ1) is 19.4. The number of aryl methyl sites for hydroxylation is 1. The molecule has 1 saturated heterocycles. The summed E-state index contributed by atoms with van der Waals surface area (Å²) >= 11 is 0. The van der Waals surface area contributed by atoms with E-state index in [0.717, 1.165) is 38.0 Å². The quantitative estimate of drug-likeness (QED) is 0.654. The van der Waals surface area contributed by atoms with Crippen LogP contribution in [0.2, 0.25) is 0 Å². The molecule has 1 heterocycles. The lowest BCUT2D eigenvalue weighted by Gasteiger charge is -2.31. The maximum Gasteiger partial charge on any atom is 0.251 e. The van der Waals surface area contributed by atoms with Crippen LogP contribution in [0.5, 0.6) is 0 Å². The van der Waals surface area contributed by atoms with Crippen molar-refractivity contribution in [2.24, 2.45) is 5.92 Å². The van der Waals surface area contributed by atoms with E-state index in [1.54, 1.807) is 12.1 Å². The van der Waals surface area contributed by atoms with Crippen molar-refractivity contribution in [2.75, 3.05) is 39.3 Å². The zero-order valence-corrected chi connectivity index (χ0v) is 15.0. The predicted molar refractivity (Wildman–Crippen MR) is 97.4 cm³/mol. The number of likely N-dealkylation sites (tertiary alicyclic amines) is 1. The summed E-state index contributed by atoms with van der Waals surface area (Å²) in [6.45, 7) is 5.87. The van der Waals surface area contributed by atoms with Gasteiger partial charge in [-0.2, -0.15) is 0 Å². The molecule has 0 aliphatic carbocycles. The van der Waals surface area contributed by atoms with Crippen LogP contribution < -0.4 is 10.6 Å². The van der Waals surface area contributed by atoms with Crippen molar-refractivity contribution in [1.29, 1.82) is 0 Å². The van der Waals surface area contributed by atoms with Crippen LogP contribution in [0.3, 0.4) is 0 Å². The number of piperidine rings is 1. The van der Waals surface area contributed by atoms with Gasteiger partial charge in [0.2, 0.25) is 5.91 Å². The van der Waals surface area contributed by atoms with E-state index in [9.17, 15) is 14.7 Å². The molecule has 0 saturated carbocycles. The fraction of sp³-hybridized carbons (Fsp3) is 0.579. The number of aliphatic hydroxyl groups excluding tert-OH is 1. The van der Waals surface area contributed by atoms with Crippen molar-refractivity contribution < 1.29 is 14.7 Å². The van der Waals surface area contributed by atoms with Crippen LogP contribution in [0.25, 0.3) is 0 Å². The number of benzene rings is 1. The van der Waals surface area contributed by atoms with Gasteiger partial charge in [-0.25, -0.2) is 0 Å². The Morgan fingerprint density at radius 3 is 2.68 bits per heavy atom. The zero-order valence-electron chi connectivity index (χ0n) is 15.0. The average molecular weight is 347 g/mol. The zero-order chi connectivity index (χ0) is 18.1. The Balaban J connectivity index is 1.58. The first-order chi connectivity index (χ1) is 12.1. The van der Waals surface area contributed by atoms with Crippen LogP contribution in [0.4, 0.5) is 0 Å². The van der Waals surface area contributed by atoms with Crippen molar-refractivity contribution in [2.45, 2.75) is 26.2 Å². The molecule has 1 atom stereocenters. The summed E-state index contributed by atoms with van der Waals surface area (Å²) in [5.41, 5.74) is 1.71. The highest BCUT2D eigenvalue weighted by Crippen LogP contribution is 2.14. The Hall–Kier alpha value is -1.92. The molecule has 6 heteroatoms. The molecule has 138 valence electrons. The molecule has 0 bridgehead atoms. The van der Waals surface area contributed by atoms with Crippen LogP contribution in [-0.2, 0) is 4.79 Å². The van der Waals surface area contributed by atoms with Gasteiger partial charge in [-0.1, -0.05) is 17.7 Å². The molecule has 2 amide bonds. The molecule has 6 nitrogen and oxygen atoms in total. The third kappa shape index (κ3) is 6.84. The van der Waals surface area contributed by atoms with E-state index >= 15 is 0 Å². The Labute approximate surface area is 149 Å². The van der Waals surface area contributed by atoms with E-state index < -0.39 is 0 Å². The van der Waals surface area contributed by atoms with Crippen LogP contribution >= 0.6 is 0 Å². The van der Waals surface area contributed by atoms with Crippen molar-refractivity contribution >= 4 is 11.8 Å². The highest BCUT2D eigenvalue weighted by molar-refractivity contribution is 5.94. The molecule has 2 rings (SSSR count). The molecule has 3 N–H and O–H groups in total. The van der Waals surface area contributed by atoms with Crippen LogP contribution in [0, 0.1) is 12.8 Å². The summed E-state index contributed by atoms with van der Waals surface area (Å²) < 4.78 is 0. The minimum Gasteiger partial charge on any atom is -0.396 e. The van der Waals surface area contributed by atoms with Gasteiger partial charge >= 0.3 is 0 Å². The van der Waals surface area contributed by atoms with Crippen LogP contribution in [-0.4, -0.2) is 61.2 Å². The smallest absolute Gasteiger partial charge is 0.251 e. The molecule has 0 aromatic heterocycles. The second-order valence-electron chi connectivity index (χ2n) is 6.71. The number of amides is 2. The molecule has 0 unspecified atom stereocenters. The number of carbonyl (C=O) groups is 2. The second-order valence-corrected chi connectivity index (χ2v) is 6.71. The Morgan fingerprint density at radius 1 is 1.20 bits per heavy atom. The first-order valence-electron chi connectivity index (χ1n) is 9.03. The number of nitrogens with zero attached hydrogens (tertiary/aromatic N) is 1. The lowest BCUT2D eigenvalue weighted by Crippen LogP contribution is -2.41. The predicted octanol–water partition coefficient (Wildman–Crippen LogP) is 0.935. The van der Waals surface area contributed by atoms with Crippen LogP contribution in [0.1, 0.15) is 35.2 Å². The van der Waals surface area contributed by atoms with Crippen molar-refractivity contribution in [3.8, 4) is 0 Å². The number of rotatable bonds is 8. The maximum absolute atomic E-state index is 11.9. The molecule has 25 heavy (non-hydrogen) atoms. The Kier molecular flexibility index (Phi) is 7.88. The van der Waals surface area contributed by atoms with Gasteiger partial charge in [0, 0.05) is 44.8 Å². The summed E-state index contributed by atoms with van der Waals surface area (Å²) in [4.78, 5) is 26.1. The minimum atomic E-state index is -0.156. The molecule has 1 aromatic rings. The molecule has 1 aliphatic rings. The van der Waals surface area contributed by atoms with Gasteiger partial charge in [-0.15, -0.1) is 0 Å². The standard InChI is InChI=1S/C19H29N3O3/c1-15-4-6-17(7-5-15)19(25)21-9-8-18(24)20-10-12-22-11-2-3-16(13-22)14-23/h4-7,16,23H,2-3,8-14H2,1H3,(H,20,24)(H,21,25)/t16-/m0/s1. The molecular formula is C19H29N3O3. The van der Waals surface area contributed by atoms with E-state index in [1.165, 1.54) is 0 Å². The highest BCUT2D eigenvalue weighted by atomic mass is 16.3. The Morgan fingerprint density at radius 2 is 1.96 bits per heavy atom. The molecule has 1 fully saturated rings. The summed E-state index contributed by atoms with van der Waals surface area (Å²) in [7, 11) is 0. The monoisotopic (exact) mass is 347 g/mol. The largest absolute Gasteiger partial charge is 0.396 e. The summed E-state index contributed by atoms with van der Waals surface area (Å²) in [5.74, 6) is 0.150. The molecule has 1 aliphatic heterocycles. The minimum absolute atomic E-state index is 0.0556. The number of nitrogens with one attached hydrogen (secondary N) is 2. The summed E-state index contributed by atoms with van der Waals surface area (Å²) in [6.07, 6.45) is 2.46. The summed E-state index contributed by atoms with van der Waals surface area (Å²) in [6, 6.07) is 7.35. The third-order valence-corrected chi connectivity index (χ3v) is 4.56. The normalized spacial score (nSPS) is 17.9. The van der Waals surface area contributed by atoms with Gasteiger partial charge < -0.3 is 20.6 Å². The van der Waals surface area contributed by atoms with E-state index in [-0.39, 0.29) is 24.8 Å². The van der Waals surface area contributed by atoms with E-state index in [2.05, 4.69) is 15.5 Å². The van der Waals surface area contributed by atoms with Crippen molar-refractivity contribution in [1.82, 2.24) is 15.5 Å². The Bertz CT molecular complexity index is 560. The molecule has 0 spiro atoms. The molecule has 1 aromatic carbocycles. The number of carbonyl (C=O) groups excluding carboxylic acids is 2. The third-order valence-electron chi connectivity index (χ3n) is 4.56. The number of aliphatic hydroxyl groups is 1. The van der Waals surface area contributed by atoms with Crippen molar-refractivity contribution in [3.63, 3.8) is 0 Å². The van der Waals surface area contributed by atoms with Gasteiger partial charge in [-0.3, -0.25) is 9.59 Å². The fourth-order valence-corrected chi connectivity index (χ4v) is 3.04. The first-order valence-corrected chi connectivity index (χ1v) is 9.03. The number of hydrogen-bond donors (Lipinski definition) is 3. The maximum atomic E-state index is 11.9. The van der Waals surface area contributed by atoms with Gasteiger partial charge in [0.05, 0.1) is 0 Å². The fourth-order valence-electron chi connectivity index (χ4n) is 3.04. The van der Waals surface area contributed by atoms with Gasteiger partial charge in [0.15, 0.2) is 0 Å². The van der Waals surface area contributed by atoms with E-state index in [4.69, 9.17) is 0 Å². The highest BCUT2D eigenvalue weighted by Gasteiger charge is 2.18. The van der Waals surface area contributed by atoms with E-state index in [1.807, 2.05) is 19.1 Å². The topological polar surface area (TPSA) is 81.7 Å². The van der Waals surface area contributed by atoms with Gasteiger partial charge in [0.25, 0.3) is 5.91 Å². The van der Waals surface area contributed by atoms with E-state index in [0.29, 0.717) is 24.6 Å². The number of hydrogen-bond acceptors (Lipinski definition) is 4. The summed E-state index contributed by atoms with van der Waals surface area (Å²) in [5, 5.41) is 14.9. The second kappa shape index (κ2) is 10.2. The molecular weight excluding hydrogens is 318 g/mol. The van der Waals surface area contributed by atoms with Crippen LogP contribution in [0.15, 0.2) is 24.3 Å². The lowest BCUT2D eigenvalue weighted by molar-refractivity contribution is -0.121. The SMILES string of the molecule is Cc1ccc(C(=O)NCCC(=O)NCCN2CCC[C@H](CO)C2)cc1. The average Bonchev–Trinajstić information content (AvgIpc) is 2.62. The van der Waals surface area contributed by atoms with Crippen molar-refractivity contribution in [3.05, 3.63) is 35.4 Å². The van der Waals surface area contributed by atoms with Gasteiger partial charge in [0.1, 0.15) is 0 Å².